The molecule has 3 heteroatoms. The highest BCUT2D eigenvalue weighted by Gasteiger charge is 2.32. The molecule has 2 atom stereocenters. The number of nitrogens with zero attached hydrogens (tertiary/aromatic N) is 1. The van der Waals surface area contributed by atoms with E-state index in [1.165, 1.54) is 25.7 Å². The predicted octanol–water partition coefficient (Wildman–Crippen LogP) is 2.00. The van der Waals surface area contributed by atoms with E-state index in [-0.39, 0.29) is 5.54 Å². The Morgan fingerprint density at radius 1 is 1.44 bits per heavy atom. The smallest absolute Gasteiger partial charge is 0.0674 e. The maximum Gasteiger partial charge on any atom is 0.0674 e. The highest BCUT2D eigenvalue weighted by Crippen LogP contribution is 2.24. The van der Waals surface area contributed by atoms with Crippen molar-refractivity contribution in [2.45, 2.75) is 58.1 Å². The Bertz CT molecular complexity index is 198. The second kappa shape index (κ2) is 6.58. The van der Waals surface area contributed by atoms with Gasteiger partial charge in [0.25, 0.3) is 0 Å². The van der Waals surface area contributed by atoms with Gasteiger partial charge in [0.2, 0.25) is 0 Å². The molecule has 3 nitrogen and oxygen atoms in total. The number of hydrogen-bond acceptors (Lipinski definition) is 3. The summed E-state index contributed by atoms with van der Waals surface area (Å²) in [5.74, 6) is 0. The van der Waals surface area contributed by atoms with Crippen molar-refractivity contribution in [3.05, 3.63) is 0 Å². The topological polar surface area (TPSA) is 38.5 Å². The largest absolute Gasteiger partial charge is 0.376 e. The molecule has 0 bridgehead atoms. The number of ether oxygens (including phenoxy) is 1. The first-order valence-corrected chi connectivity index (χ1v) is 6.69. The van der Waals surface area contributed by atoms with Crippen molar-refractivity contribution in [1.29, 1.82) is 0 Å². The van der Waals surface area contributed by atoms with Crippen LogP contribution in [0.1, 0.15) is 46.5 Å². The van der Waals surface area contributed by atoms with Gasteiger partial charge in [-0.05, 0) is 20.3 Å². The van der Waals surface area contributed by atoms with E-state index in [2.05, 4.69) is 25.7 Å². The molecule has 1 fully saturated rings. The molecule has 1 aliphatic heterocycles. The van der Waals surface area contributed by atoms with Gasteiger partial charge >= 0.3 is 0 Å². The number of rotatable bonds is 6. The number of morpholine rings is 1. The fourth-order valence-corrected chi connectivity index (χ4v) is 2.45. The Kier molecular flexibility index (Phi) is 5.73. The normalized spacial score (nSPS) is 26.6. The average molecular weight is 228 g/mol. The highest BCUT2D eigenvalue weighted by atomic mass is 16.5. The molecule has 96 valence electrons. The zero-order chi connectivity index (χ0) is 12.0. The van der Waals surface area contributed by atoms with Crippen molar-refractivity contribution >= 4 is 0 Å². The van der Waals surface area contributed by atoms with Crippen LogP contribution in [0, 0.1) is 0 Å². The summed E-state index contributed by atoms with van der Waals surface area (Å²) in [4.78, 5) is 2.52. The van der Waals surface area contributed by atoms with Gasteiger partial charge in [0.05, 0.1) is 12.7 Å². The highest BCUT2D eigenvalue weighted by molar-refractivity contribution is 4.89. The van der Waals surface area contributed by atoms with E-state index in [9.17, 15) is 0 Å². The van der Waals surface area contributed by atoms with E-state index in [0.29, 0.717) is 6.10 Å². The number of unbranched alkanes of at least 4 members (excludes halogenated alkanes) is 2. The molecule has 0 saturated carbocycles. The Labute approximate surface area is 100 Å². The first-order valence-electron chi connectivity index (χ1n) is 6.69. The van der Waals surface area contributed by atoms with Gasteiger partial charge in [0.15, 0.2) is 0 Å². The predicted molar refractivity (Wildman–Crippen MR) is 68.6 cm³/mol. The summed E-state index contributed by atoms with van der Waals surface area (Å²) in [6, 6.07) is 0. The van der Waals surface area contributed by atoms with Crippen LogP contribution in [0.3, 0.4) is 0 Å². The summed E-state index contributed by atoms with van der Waals surface area (Å²) in [6.07, 6.45) is 5.45. The molecule has 0 spiro atoms. The van der Waals surface area contributed by atoms with Crippen LogP contribution >= 0.6 is 0 Å². The van der Waals surface area contributed by atoms with E-state index in [1.807, 2.05) is 0 Å². The van der Waals surface area contributed by atoms with E-state index in [1.54, 1.807) is 0 Å². The molecule has 16 heavy (non-hydrogen) atoms. The van der Waals surface area contributed by atoms with Crippen LogP contribution in [0.15, 0.2) is 0 Å². The summed E-state index contributed by atoms with van der Waals surface area (Å²) in [5, 5.41) is 0. The minimum atomic E-state index is 0.174. The van der Waals surface area contributed by atoms with Crippen LogP contribution in [-0.2, 0) is 4.74 Å². The van der Waals surface area contributed by atoms with Gasteiger partial charge in [-0.15, -0.1) is 0 Å². The summed E-state index contributed by atoms with van der Waals surface area (Å²) >= 11 is 0. The third-order valence-corrected chi connectivity index (χ3v) is 3.76. The molecule has 0 aliphatic carbocycles. The molecule has 1 heterocycles. The van der Waals surface area contributed by atoms with Crippen LogP contribution in [0.25, 0.3) is 0 Å². The molecule has 0 amide bonds. The number of hydrogen-bond donors (Lipinski definition) is 1. The summed E-state index contributed by atoms with van der Waals surface area (Å²) in [6.45, 7) is 10.4. The lowest BCUT2D eigenvalue weighted by Crippen LogP contribution is -2.57. The van der Waals surface area contributed by atoms with Gasteiger partial charge in [0, 0.05) is 25.2 Å². The maximum atomic E-state index is 5.98. The Morgan fingerprint density at radius 3 is 2.75 bits per heavy atom. The van der Waals surface area contributed by atoms with Crippen molar-refractivity contribution in [2.24, 2.45) is 5.73 Å². The molecule has 1 rings (SSSR count). The van der Waals surface area contributed by atoms with Crippen LogP contribution in [-0.4, -0.2) is 42.8 Å². The quantitative estimate of drug-likeness (QED) is 0.707. The minimum Gasteiger partial charge on any atom is -0.376 e. The van der Waals surface area contributed by atoms with Gasteiger partial charge in [-0.1, -0.05) is 26.2 Å². The lowest BCUT2D eigenvalue weighted by Gasteiger charge is -2.44. The molecule has 1 aliphatic rings. The fraction of sp³-hybridized carbons (Fsp3) is 1.00. The maximum absolute atomic E-state index is 5.98. The molecular weight excluding hydrogens is 200 g/mol. The molecule has 2 N–H and O–H groups in total. The van der Waals surface area contributed by atoms with Crippen molar-refractivity contribution in [3.63, 3.8) is 0 Å². The van der Waals surface area contributed by atoms with Crippen LogP contribution in [0.2, 0.25) is 0 Å². The van der Waals surface area contributed by atoms with Crippen molar-refractivity contribution < 1.29 is 4.74 Å². The monoisotopic (exact) mass is 228 g/mol. The molecule has 0 aromatic carbocycles. The van der Waals surface area contributed by atoms with Crippen LogP contribution in [0.5, 0.6) is 0 Å². The van der Waals surface area contributed by atoms with E-state index >= 15 is 0 Å². The third-order valence-electron chi connectivity index (χ3n) is 3.76. The molecule has 1 saturated heterocycles. The van der Waals surface area contributed by atoms with Crippen molar-refractivity contribution in [2.75, 3.05) is 26.2 Å². The van der Waals surface area contributed by atoms with Crippen molar-refractivity contribution in [1.82, 2.24) is 4.90 Å². The Hall–Kier alpha value is -0.120. The lowest BCUT2D eigenvalue weighted by molar-refractivity contribution is -0.0586. The molecule has 0 aromatic heterocycles. The summed E-state index contributed by atoms with van der Waals surface area (Å²) < 4.78 is 5.59. The summed E-state index contributed by atoms with van der Waals surface area (Å²) in [7, 11) is 0. The average Bonchev–Trinajstić information content (AvgIpc) is 2.29. The molecule has 0 radical (unpaired) electrons. The number of nitrogens with two attached hydrogens (primary N) is 1. The fourth-order valence-electron chi connectivity index (χ4n) is 2.45. The van der Waals surface area contributed by atoms with Gasteiger partial charge in [-0.25, -0.2) is 0 Å². The van der Waals surface area contributed by atoms with E-state index in [0.717, 1.165) is 26.2 Å². The van der Waals surface area contributed by atoms with Crippen LogP contribution < -0.4 is 5.73 Å². The minimum absolute atomic E-state index is 0.174. The summed E-state index contributed by atoms with van der Waals surface area (Å²) in [5.41, 5.74) is 6.16. The second-order valence-electron chi connectivity index (χ2n) is 5.29. The zero-order valence-corrected chi connectivity index (χ0v) is 11.2. The van der Waals surface area contributed by atoms with Crippen molar-refractivity contribution in [3.8, 4) is 0 Å². The molecular formula is C13H28N2O. The molecule has 0 aromatic rings. The third kappa shape index (κ3) is 3.72. The van der Waals surface area contributed by atoms with Gasteiger partial charge < -0.3 is 10.5 Å². The van der Waals surface area contributed by atoms with Gasteiger partial charge in [0.1, 0.15) is 0 Å². The first-order chi connectivity index (χ1) is 7.62. The van der Waals surface area contributed by atoms with E-state index < -0.39 is 0 Å². The SMILES string of the molecule is CCCCCC(C)(CN)N1CCOC(C)C1. The van der Waals surface area contributed by atoms with E-state index in [4.69, 9.17) is 10.5 Å². The van der Waals surface area contributed by atoms with Crippen LogP contribution in [0.4, 0.5) is 0 Å². The Balaban J connectivity index is 2.48. The molecule has 2 unspecified atom stereocenters. The zero-order valence-electron chi connectivity index (χ0n) is 11.2. The second-order valence-corrected chi connectivity index (χ2v) is 5.29. The van der Waals surface area contributed by atoms with Gasteiger partial charge in [-0.3, -0.25) is 4.90 Å². The first kappa shape index (κ1) is 13.9. The Morgan fingerprint density at radius 2 is 2.19 bits per heavy atom. The lowest BCUT2D eigenvalue weighted by atomic mass is 9.91. The standard InChI is InChI=1S/C13H28N2O/c1-4-5-6-7-13(3,11-14)15-8-9-16-12(2)10-15/h12H,4-11,14H2,1-3H3. The van der Waals surface area contributed by atoms with Gasteiger partial charge in [-0.2, -0.15) is 0 Å².